The average Bonchev–Trinajstić information content (AvgIpc) is 2.45. The first-order valence-corrected chi connectivity index (χ1v) is 6.94. The second-order valence-corrected chi connectivity index (χ2v) is 4.55. The Morgan fingerprint density at radius 3 is 2.78 bits per heavy atom. The summed E-state index contributed by atoms with van der Waals surface area (Å²) in [5.41, 5.74) is 2.85. The van der Waals surface area contributed by atoms with Gasteiger partial charge in [-0.3, -0.25) is 0 Å². The molecular weight excluding hydrogens is 248 g/mol. The first-order chi connectivity index (χ1) is 8.95. The predicted octanol–water partition coefficient (Wildman–Crippen LogP) is 2.60. The fraction of sp³-hybridized carbons (Fsp3) is 0.385. The van der Waals surface area contributed by atoms with E-state index in [1.165, 1.54) is 0 Å². The zero-order valence-corrected chi connectivity index (χ0v) is 10.9. The molecule has 0 aliphatic carbocycles. The van der Waals surface area contributed by atoms with Crippen LogP contribution in [-0.2, 0) is 4.74 Å². The van der Waals surface area contributed by atoms with Crippen LogP contribution in [0, 0.1) is 0 Å². The fourth-order valence-corrected chi connectivity index (χ4v) is 2.03. The molecule has 0 radical (unpaired) electrons. The molecule has 0 amide bonds. The quantitative estimate of drug-likeness (QED) is 0.711. The molecule has 0 saturated heterocycles. The summed E-state index contributed by atoms with van der Waals surface area (Å²) in [6.45, 7) is 1.84. The van der Waals surface area contributed by atoms with Crippen molar-refractivity contribution in [2.45, 2.75) is 6.42 Å². The van der Waals surface area contributed by atoms with Gasteiger partial charge in [-0.2, -0.15) is 10.2 Å². The maximum absolute atomic E-state index is 5.52. The lowest BCUT2D eigenvalue weighted by atomic mass is 10.3. The molecule has 4 nitrogen and oxygen atoms in total. The minimum absolute atomic E-state index is 0.573. The van der Waals surface area contributed by atoms with Gasteiger partial charge in [0, 0.05) is 12.2 Å². The number of ether oxygens (including phenoxy) is 2. The van der Waals surface area contributed by atoms with E-state index in [-0.39, 0.29) is 0 Å². The molecule has 1 heterocycles. The lowest BCUT2D eigenvalue weighted by Crippen LogP contribution is -2.12. The molecule has 18 heavy (non-hydrogen) atoms. The van der Waals surface area contributed by atoms with Crippen molar-refractivity contribution in [1.29, 1.82) is 0 Å². The van der Waals surface area contributed by atoms with Crippen molar-refractivity contribution in [1.82, 2.24) is 0 Å². The molecule has 1 aliphatic rings. The smallest absolute Gasteiger partial charge is 0.119 e. The van der Waals surface area contributed by atoms with Crippen LogP contribution in [0.15, 0.2) is 40.5 Å². The molecule has 1 aliphatic heterocycles. The zero-order chi connectivity index (χ0) is 12.5. The Hall–Kier alpha value is -1.33. The van der Waals surface area contributed by atoms with E-state index in [0.717, 1.165) is 23.6 Å². The van der Waals surface area contributed by atoms with E-state index in [2.05, 4.69) is 10.2 Å². The SMILES string of the molecule is C1=NN=C(CCOCCOc2ccccc2)CS1. The van der Waals surface area contributed by atoms with E-state index in [0.29, 0.717) is 19.8 Å². The standard InChI is InChI=1S/C13H16N2O2S/c1-2-4-13(5-3-1)17-9-8-16-7-6-12-10-18-11-14-15-12/h1-5,11H,6-10H2. The van der Waals surface area contributed by atoms with Gasteiger partial charge in [-0.05, 0) is 12.1 Å². The monoisotopic (exact) mass is 264 g/mol. The Balaban J connectivity index is 1.51. The van der Waals surface area contributed by atoms with Gasteiger partial charge in [0.15, 0.2) is 0 Å². The van der Waals surface area contributed by atoms with Gasteiger partial charge in [0.05, 0.1) is 24.5 Å². The Morgan fingerprint density at radius 2 is 2.00 bits per heavy atom. The molecule has 0 fully saturated rings. The highest BCUT2D eigenvalue weighted by molar-refractivity contribution is 8.12. The Bertz CT molecular complexity index is 407. The fourth-order valence-electron chi connectivity index (χ4n) is 1.45. The van der Waals surface area contributed by atoms with Crippen molar-refractivity contribution >= 4 is 23.0 Å². The minimum atomic E-state index is 0.573. The Labute approximate surface area is 111 Å². The Morgan fingerprint density at radius 1 is 1.11 bits per heavy atom. The van der Waals surface area contributed by atoms with Gasteiger partial charge in [0.25, 0.3) is 0 Å². The summed E-state index contributed by atoms with van der Waals surface area (Å²) in [6, 6.07) is 9.75. The third kappa shape index (κ3) is 4.89. The number of benzene rings is 1. The van der Waals surface area contributed by atoms with Crippen molar-refractivity contribution in [2.75, 3.05) is 25.6 Å². The van der Waals surface area contributed by atoms with Gasteiger partial charge >= 0.3 is 0 Å². The molecular formula is C13H16N2O2S. The molecule has 0 spiro atoms. The summed E-state index contributed by atoms with van der Waals surface area (Å²) >= 11 is 1.67. The molecule has 96 valence electrons. The lowest BCUT2D eigenvalue weighted by Gasteiger charge is -2.08. The van der Waals surface area contributed by atoms with E-state index in [1.807, 2.05) is 30.3 Å². The molecule has 1 aromatic rings. The van der Waals surface area contributed by atoms with Crippen LogP contribution < -0.4 is 4.74 Å². The van der Waals surface area contributed by atoms with Gasteiger partial charge in [0.2, 0.25) is 0 Å². The first-order valence-electron chi connectivity index (χ1n) is 5.89. The largest absolute Gasteiger partial charge is 0.491 e. The minimum Gasteiger partial charge on any atom is -0.491 e. The molecule has 0 atom stereocenters. The average molecular weight is 264 g/mol. The topological polar surface area (TPSA) is 43.2 Å². The van der Waals surface area contributed by atoms with Crippen LogP contribution in [0.4, 0.5) is 0 Å². The van der Waals surface area contributed by atoms with Gasteiger partial charge in [-0.1, -0.05) is 18.2 Å². The van der Waals surface area contributed by atoms with Crippen molar-refractivity contribution in [3.05, 3.63) is 30.3 Å². The van der Waals surface area contributed by atoms with Crippen LogP contribution >= 0.6 is 11.8 Å². The number of hydrogen-bond acceptors (Lipinski definition) is 5. The van der Waals surface area contributed by atoms with Gasteiger partial charge < -0.3 is 9.47 Å². The van der Waals surface area contributed by atoms with Crippen LogP contribution in [0.25, 0.3) is 0 Å². The Kier molecular flexibility index (Phi) is 5.75. The molecule has 0 N–H and O–H groups in total. The second-order valence-electron chi connectivity index (χ2n) is 3.72. The summed E-state index contributed by atoms with van der Waals surface area (Å²) in [7, 11) is 0. The lowest BCUT2D eigenvalue weighted by molar-refractivity contribution is 0.105. The van der Waals surface area contributed by atoms with Crippen molar-refractivity contribution in [3.63, 3.8) is 0 Å². The third-order valence-corrected chi connectivity index (χ3v) is 3.09. The maximum atomic E-state index is 5.52. The highest BCUT2D eigenvalue weighted by atomic mass is 32.2. The predicted molar refractivity (Wildman–Crippen MR) is 75.8 cm³/mol. The first kappa shape index (κ1) is 13.1. The van der Waals surface area contributed by atoms with Crippen molar-refractivity contribution < 1.29 is 9.47 Å². The number of para-hydroxylation sites is 1. The summed E-state index contributed by atoms with van der Waals surface area (Å²) in [4.78, 5) is 0. The summed E-state index contributed by atoms with van der Waals surface area (Å²) in [6.07, 6.45) is 0.843. The third-order valence-electron chi connectivity index (χ3n) is 2.35. The summed E-state index contributed by atoms with van der Waals surface area (Å²) in [5.74, 6) is 1.80. The van der Waals surface area contributed by atoms with Gasteiger partial charge in [-0.15, -0.1) is 11.8 Å². The van der Waals surface area contributed by atoms with Crippen LogP contribution in [0.2, 0.25) is 0 Å². The van der Waals surface area contributed by atoms with E-state index in [9.17, 15) is 0 Å². The van der Waals surface area contributed by atoms with Gasteiger partial charge in [0.1, 0.15) is 12.4 Å². The van der Waals surface area contributed by atoms with Crippen LogP contribution in [0.1, 0.15) is 6.42 Å². The molecule has 0 bridgehead atoms. The van der Waals surface area contributed by atoms with Crippen molar-refractivity contribution in [3.8, 4) is 5.75 Å². The van der Waals surface area contributed by atoms with Crippen LogP contribution in [0.5, 0.6) is 5.75 Å². The highest BCUT2D eigenvalue weighted by Crippen LogP contribution is 2.08. The molecule has 2 rings (SSSR count). The molecule has 0 unspecified atom stereocenters. The molecule has 0 saturated carbocycles. The van der Waals surface area contributed by atoms with Crippen LogP contribution in [0.3, 0.4) is 0 Å². The normalized spacial score (nSPS) is 14.3. The second kappa shape index (κ2) is 7.89. The van der Waals surface area contributed by atoms with E-state index in [1.54, 1.807) is 17.3 Å². The van der Waals surface area contributed by atoms with E-state index >= 15 is 0 Å². The number of hydrogen-bond donors (Lipinski definition) is 0. The highest BCUT2D eigenvalue weighted by Gasteiger charge is 2.02. The molecule has 0 aromatic heterocycles. The molecule has 5 heteroatoms. The summed E-state index contributed by atoms with van der Waals surface area (Å²) in [5, 5.41) is 7.91. The number of nitrogens with zero attached hydrogens (tertiary/aromatic N) is 2. The van der Waals surface area contributed by atoms with Crippen LogP contribution in [-0.4, -0.2) is 36.8 Å². The zero-order valence-electron chi connectivity index (χ0n) is 10.1. The van der Waals surface area contributed by atoms with E-state index < -0.39 is 0 Å². The van der Waals surface area contributed by atoms with E-state index in [4.69, 9.17) is 9.47 Å². The maximum Gasteiger partial charge on any atom is 0.119 e. The van der Waals surface area contributed by atoms with Gasteiger partial charge in [-0.25, -0.2) is 0 Å². The number of thioether (sulfide) groups is 1. The molecule has 1 aromatic carbocycles. The summed E-state index contributed by atoms with van der Waals surface area (Å²) < 4.78 is 11.0. The number of rotatable bonds is 7. The van der Waals surface area contributed by atoms with Crippen molar-refractivity contribution in [2.24, 2.45) is 10.2 Å².